The number of nitrogens with zero attached hydrogens (tertiary/aromatic N) is 2. The van der Waals surface area contributed by atoms with Gasteiger partial charge in [-0.3, -0.25) is 9.78 Å². The zero-order valence-corrected chi connectivity index (χ0v) is 12.3. The van der Waals surface area contributed by atoms with Crippen LogP contribution < -0.4 is 10.5 Å². The quantitative estimate of drug-likeness (QED) is 0.855. The van der Waals surface area contributed by atoms with E-state index in [-0.39, 0.29) is 15.1 Å². The van der Waals surface area contributed by atoms with Gasteiger partial charge >= 0.3 is 0 Å². The van der Waals surface area contributed by atoms with E-state index in [9.17, 15) is 13.2 Å². The third kappa shape index (κ3) is 3.38. The Morgan fingerprint density at radius 1 is 1.30 bits per heavy atom. The number of benzene rings is 1. The van der Waals surface area contributed by atoms with E-state index in [1.807, 2.05) is 0 Å². The molecule has 0 aliphatic carbocycles. The third-order valence-electron chi connectivity index (χ3n) is 2.29. The summed E-state index contributed by atoms with van der Waals surface area (Å²) >= 11 is 3.09. The average Bonchev–Trinajstić information content (AvgIpc) is 2.38. The fourth-order valence-electron chi connectivity index (χ4n) is 1.42. The Hall–Kier alpha value is -1.84. The molecule has 20 heavy (non-hydrogen) atoms. The van der Waals surface area contributed by atoms with Gasteiger partial charge in [0.05, 0.1) is 11.1 Å². The third-order valence-corrected chi connectivity index (χ3v) is 4.18. The van der Waals surface area contributed by atoms with E-state index in [2.05, 4.69) is 31.2 Å². The van der Waals surface area contributed by atoms with E-state index in [1.54, 1.807) is 0 Å². The maximum atomic E-state index is 11.8. The van der Waals surface area contributed by atoms with Crippen LogP contribution in [0.15, 0.2) is 46.2 Å². The van der Waals surface area contributed by atoms with Crippen molar-refractivity contribution in [2.45, 2.75) is 4.90 Å². The van der Waals surface area contributed by atoms with Crippen molar-refractivity contribution in [2.75, 3.05) is 5.32 Å². The van der Waals surface area contributed by atoms with Crippen LogP contribution >= 0.6 is 15.9 Å². The molecule has 1 aromatic heterocycles. The molecule has 0 bridgehead atoms. The number of amides is 1. The summed E-state index contributed by atoms with van der Waals surface area (Å²) in [5.74, 6) is -0.451. The number of primary sulfonamides is 1. The highest BCUT2D eigenvalue weighted by molar-refractivity contribution is 9.10. The molecule has 0 saturated carbocycles. The lowest BCUT2D eigenvalue weighted by Crippen LogP contribution is -2.15. The molecular formula is C11H9BrN4O3S. The SMILES string of the molecule is NS(=O)(=O)c1ccc(NC(=O)c2cnccn2)cc1Br. The van der Waals surface area contributed by atoms with E-state index >= 15 is 0 Å². The average molecular weight is 357 g/mol. The van der Waals surface area contributed by atoms with Crippen LogP contribution in [0.3, 0.4) is 0 Å². The molecule has 0 fully saturated rings. The molecule has 0 unspecified atom stereocenters. The molecule has 2 aromatic rings. The number of carbonyl (C=O) groups is 1. The lowest BCUT2D eigenvalue weighted by molar-refractivity contribution is 0.102. The zero-order chi connectivity index (χ0) is 14.8. The number of rotatable bonds is 3. The van der Waals surface area contributed by atoms with Gasteiger partial charge in [0.25, 0.3) is 5.91 Å². The van der Waals surface area contributed by atoms with E-state index in [0.717, 1.165) is 0 Å². The minimum atomic E-state index is -3.81. The first-order valence-corrected chi connectivity index (χ1v) is 7.61. The number of hydrogen-bond donors (Lipinski definition) is 2. The van der Waals surface area contributed by atoms with Crippen LogP contribution in [0.5, 0.6) is 0 Å². The number of halogens is 1. The van der Waals surface area contributed by atoms with Crippen LogP contribution in [0.4, 0.5) is 5.69 Å². The van der Waals surface area contributed by atoms with Gasteiger partial charge in [0.15, 0.2) is 0 Å². The lowest BCUT2D eigenvalue weighted by Gasteiger charge is -2.07. The Kier molecular flexibility index (Phi) is 4.12. The molecule has 0 saturated heterocycles. The molecule has 104 valence electrons. The Labute approximate surface area is 123 Å². The highest BCUT2D eigenvalue weighted by Crippen LogP contribution is 2.24. The molecule has 3 N–H and O–H groups in total. The van der Waals surface area contributed by atoms with E-state index in [0.29, 0.717) is 5.69 Å². The molecule has 0 radical (unpaired) electrons. The summed E-state index contributed by atoms with van der Waals surface area (Å²) in [5, 5.41) is 7.61. The summed E-state index contributed by atoms with van der Waals surface area (Å²) in [6.07, 6.45) is 4.17. The molecular weight excluding hydrogens is 348 g/mol. The maximum absolute atomic E-state index is 11.8. The highest BCUT2D eigenvalue weighted by atomic mass is 79.9. The van der Waals surface area contributed by atoms with Crippen LogP contribution in [-0.4, -0.2) is 24.3 Å². The van der Waals surface area contributed by atoms with Gasteiger partial charge in [-0.15, -0.1) is 0 Å². The van der Waals surface area contributed by atoms with Crippen molar-refractivity contribution in [3.63, 3.8) is 0 Å². The maximum Gasteiger partial charge on any atom is 0.275 e. The molecule has 1 aromatic carbocycles. The van der Waals surface area contributed by atoms with Gasteiger partial charge in [0.1, 0.15) is 5.69 Å². The summed E-state index contributed by atoms with van der Waals surface area (Å²) in [6.45, 7) is 0. The van der Waals surface area contributed by atoms with Gasteiger partial charge in [-0.25, -0.2) is 18.5 Å². The largest absolute Gasteiger partial charge is 0.321 e. The van der Waals surface area contributed by atoms with Crippen LogP contribution in [0.2, 0.25) is 0 Å². The lowest BCUT2D eigenvalue weighted by atomic mass is 10.3. The number of aromatic nitrogens is 2. The van der Waals surface area contributed by atoms with Crippen molar-refractivity contribution in [3.05, 3.63) is 47.0 Å². The topological polar surface area (TPSA) is 115 Å². The van der Waals surface area contributed by atoms with Gasteiger partial charge in [-0.05, 0) is 34.1 Å². The molecule has 0 aliphatic rings. The van der Waals surface area contributed by atoms with Crippen LogP contribution in [0.25, 0.3) is 0 Å². The van der Waals surface area contributed by atoms with Crippen molar-refractivity contribution in [1.82, 2.24) is 9.97 Å². The summed E-state index contributed by atoms with van der Waals surface area (Å²) in [6, 6.07) is 4.17. The van der Waals surface area contributed by atoms with E-state index in [4.69, 9.17) is 5.14 Å². The molecule has 9 heteroatoms. The van der Waals surface area contributed by atoms with Crippen molar-refractivity contribution in [1.29, 1.82) is 0 Å². The zero-order valence-electron chi connectivity index (χ0n) is 9.95. The molecule has 0 aliphatic heterocycles. The second-order valence-electron chi connectivity index (χ2n) is 3.73. The van der Waals surface area contributed by atoms with Crippen molar-refractivity contribution < 1.29 is 13.2 Å². The van der Waals surface area contributed by atoms with Crippen molar-refractivity contribution in [3.8, 4) is 0 Å². The number of carbonyl (C=O) groups excluding carboxylic acids is 1. The number of nitrogens with one attached hydrogen (secondary N) is 1. The van der Waals surface area contributed by atoms with E-state index < -0.39 is 15.9 Å². The minimum absolute atomic E-state index is 0.0602. The Balaban J connectivity index is 2.24. The number of sulfonamides is 1. The second kappa shape index (κ2) is 5.65. The van der Waals surface area contributed by atoms with E-state index in [1.165, 1.54) is 36.8 Å². The Morgan fingerprint density at radius 2 is 2.05 bits per heavy atom. The summed E-state index contributed by atoms with van der Waals surface area (Å²) < 4.78 is 22.8. The van der Waals surface area contributed by atoms with Gasteiger partial charge in [-0.1, -0.05) is 0 Å². The second-order valence-corrected chi connectivity index (χ2v) is 6.12. The standard InChI is InChI=1S/C11H9BrN4O3S/c12-8-5-7(1-2-10(8)20(13,18)19)16-11(17)9-6-14-3-4-15-9/h1-6H,(H,16,17)(H2,13,18,19). The summed E-state index contributed by atoms with van der Waals surface area (Å²) in [5.41, 5.74) is 0.555. The number of anilines is 1. The monoisotopic (exact) mass is 356 g/mol. The first-order valence-electron chi connectivity index (χ1n) is 5.27. The fraction of sp³-hybridized carbons (Fsp3) is 0. The molecule has 1 heterocycles. The highest BCUT2D eigenvalue weighted by Gasteiger charge is 2.14. The fourth-order valence-corrected chi connectivity index (χ4v) is 3.06. The Bertz CT molecular complexity index is 750. The summed E-state index contributed by atoms with van der Waals surface area (Å²) in [4.78, 5) is 19.4. The Morgan fingerprint density at radius 3 is 2.60 bits per heavy atom. The van der Waals surface area contributed by atoms with Gasteiger partial charge in [0.2, 0.25) is 10.0 Å². The van der Waals surface area contributed by atoms with Crippen LogP contribution in [-0.2, 0) is 10.0 Å². The van der Waals surface area contributed by atoms with Gasteiger partial charge in [-0.2, -0.15) is 0 Å². The first kappa shape index (κ1) is 14.6. The number of nitrogens with two attached hydrogens (primary N) is 1. The smallest absolute Gasteiger partial charge is 0.275 e. The molecule has 1 amide bonds. The first-order chi connectivity index (χ1) is 9.38. The van der Waals surface area contributed by atoms with Gasteiger partial charge < -0.3 is 5.32 Å². The number of hydrogen-bond acceptors (Lipinski definition) is 5. The normalized spacial score (nSPS) is 11.1. The van der Waals surface area contributed by atoms with Crippen LogP contribution in [0, 0.1) is 0 Å². The predicted octanol–water partition coefficient (Wildman–Crippen LogP) is 1.14. The minimum Gasteiger partial charge on any atom is -0.321 e. The van der Waals surface area contributed by atoms with Crippen molar-refractivity contribution in [2.24, 2.45) is 5.14 Å². The molecule has 2 rings (SSSR count). The molecule has 0 atom stereocenters. The summed E-state index contributed by atoms with van der Waals surface area (Å²) in [7, 11) is -3.81. The molecule has 0 spiro atoms. The predicted molar refractivity (Wildman–Crippen MR) is 75.5 cm³/mol. The van der Waals surface area contributed by atoms with Crippen LogP contribution in [0.1, 0.15) is 10.5 Å². The molecule has 7 nitrogen and oxygen atoms in total. The van der Waals surface area contributed by atoms with Gasteiger partial charge in [0, 0.05) is 22.6 Å². The van der Waals surface area contributed by atoms with Crippen molar-refractivity contribution >= 4 is 37.5 Å².